The van der Waals surface area contributed by atoms with Gasteiger partial charge in [0.2, 0.25) is 21.8 Å². The lowest BCUT2D eigenvalue weighted by molar-refractivity contribution is -0.120. The van der Waals surface area contributed by atoms with Crippen LogP contribution in [-0.4, -0.2) is 49.9 Å². The SMILES string of the molecule is CCN(CC)S(=O)(=O)c1ccc2c(c1)N(CC(=O)Nc1cc(F)ccc1F)C(=O)CS2. The Morgan fingerprint density at radius 3 is 2.55 bits per heavy atom. The average Bonchev–Trinajstić information content (AvgIpc) is 2.73. The van der Waals surface area contributed by atoms with E-state index >= 15 is 0 Å². The zero-order valence-electron chi connectivity index (χ0n) is 16.9. The average molecular weight is 470 g/mol. The number of carbonyl (C=O) groups is 2. The van der Waals surface area contributed by atoms with E-state index in [4.69, 9.17) is 0 Å². The van der Waals surface area contributed by atoms with Crippen LogP contribution >= 0.6 is 11.8 Å². The minimum Gasteiger partial charge on any atom is -0.322 e. The predicted molar refractivity (Wildman–Crippen MR) is 115 cm³/mol. The lowest BCUT2D eigenvalue weighted by Crippen LogP contribution is -2.41. The molecule has 0 aromatic heterocycles. The number of rotatable bonds is 7. The molecule has 0 radical (unpaired) electrons. The molecule has 1 aliphatic heterocycles. The maximum Gasteiger partial charge on any atom is 0.244 e. The Morgan fingerprint density at radius 2 is 1.87 bits per heavy atom. The molecule has 1 heterocycles. The van der Waals surface area contributed by atoms with Gasteiger partial charge in [0.05, 0.1) is 22.0 Å². The van der Waals surface area contributed by atoms with Crippen LogP contribution < -0.4 is 10.2 Å². The van der Waals surface area contributed by atoms with E-state index in [1.165, 1.54) is 28.2 Å². The van der Waals surface area contributed by atoms with Gasteiger partial charge in [0.15, 0.2) is 0 Å². The van der Waals surface area contributed by atoms with E-state index < -0.39 is 40.0 Å². The second kappa shape index (κ2) is 9.33. The van der Waals surface area contributed by atoms with Crippen molar-refractivity contribution in [1.82, 2.24) is 4.31 Å². The molecular formula is C20H21F2N3O4S2. The fourth-order valence-corrected chi connectivity index (χ4v) is 5.55. The summed E-state index contributed by atoms with van der Waals surface area (Å²) in [5, 5.41) is 2.25. The molecule has 3 rings (SSSR count). The highest BCUT2D eigenvalue weighted by molar-refractivity contribution is 8.00. The molecule has 0 unspecified atom stereocenters. The van der Waals surface area contributed by atoms with Crippen LogP contribution in [0.15, 0.2) is 46.2 Å². The second-order valence-electron chi connectivity index (χ2n) is 6.66. The minimum atomic E-state index is -3.77. The third kappa shape index (κ3) is 4.89. The predicted octanol–water partition coefficient (Wildman–Crippen LogP) is 3.07. The molecule has 2 amide bonds. The first-order chi connectivity index (χ1) is 14.7. The lowest BCUT2D eigenvalue weighted by atomic mass is 10.2. The van der Waals surface area contributed by atoms with Gasteiger partial charge >= 0.3 is 0 Å². The van der Waals surface area contributed by atoms with E-state index in [9.17, 15) is 26.8 Å². The van der Waals surface area contributed by atoms with Gasteiger partial charge in [-0.15, -0.1) is 11.8 Å². The van der Waals surface area contributed by atoms with E-state index in [1.807, 2.05) is 0 Å². The molecule has 0 spiro atoms. The van der Waals surface area contributed by atoms with Gasteiger partial charge < -0.3 is 10.2 Å². The molecular weight excluding hydrogens is 448 g/mol. The number of benzene rings is 2. The highest BCUT2D eigenvalue weighted by Crippen LogP contribution is 2.37. The van der Waals surface area contributed by atoms with Gasteiger partial charge in [0.25, 0.3) is 0 Å². The molecule has 31 heavy (non-hydrogen) atoms. The number of amides is 2. The van der Waals surface area contributed by atoms with E-state index in [2.05, 4.69) is 5.32 Å². The number of thioether (sulfide) groups is 1. The number of nitrogens with zero attached hydrogens (tertiary/aromatic N) is 2. The molecule has 0 saturated carbocycles. The summed E-state index contributed by atoms with van der Waals surface area (Å²) in [5.74, 6) is -2.61. The largest absolute Gasteiger partial charge is 0.322 e. The molecule has 166 valence electrons. The molecule has 0 aliphatic carbocycles. The Hall–Kier alpha value is -2.50. The first kappa shape index (κ1) is 23.2. The number of hydrogen-bond donors (Lipinski definition) is 1. The first-order valence-corrected chi connectivity index (χ1v) is 11.9. The first-order valence-electron chi connectivity index (χ1n) is 9.49. The molecule has 7 nitrogen and oxygen atoms in total. The van der Waals surface area contributed by atoms with Crippen LogP contribution in [0, 0.1) is 11.6 Å². The summed E-state index contributed by atoms with van der Waals surface area (Å²) in [6.45, 7) is 3.54. The van der Waals surface area contributed by atoms with Crippen molar-refractivity contribution in [1.29, 1.82) is 0 Å². The zero-order valence-corrected chi connectivity index (χ0v) is 18.5. The summed E-state index contributed by atoms with van der Waals surface area (Å²) in [4.78, 5) is 26.8. The second-order valence-corrected chi connectivity index (χ2v) is 9.61. The van der Waals surface area contributed by atoms with E-state index in [1.54, 1.807) is 19.9 Å². The van der Waals surface area contributed by atoms with Crippen molar-refractivity contribution in [3.8, 4) is 0 Å². The monoisotopic (exact) mass is 469 g/mol. The number of fused-ring (bicyclic) bond motifs is 1. The van der Waals surface area contributed by atoms with Crippen LogP contribution in [0.25, 0.3) is 0 Å². The Labute approximate surface area is 183 Å². The van der Waals surface area contributed by atoms with Crippen LogP contribution in [0.2, 0.25) is 0 Å². The van der Waals surface area contributed by atoms with Crippen molar-refractivity contribution < 1.29 is 26.8 Å². The van der Waals surface area contributed by atoms with Crippen molar-refractivity contribution in [3.05, 3.63) is 48.0 Å². The topological polar surface area (TPSA) is 86.8 Å². The molecule has 0 saturated heterocycles. The van der Waals surface area contributed by atoms with Crippen LogP contribution in [0.4, 0.5) is 20.2 Å². The standard InChI is InChI=1S/C20H21F2N3O4S2/c1-3-24(4-2)31(28,29)14-6-8-18-17(10-14)25(20(27)12-30-18)11-19(26)23-16-9-13(21)5-7-15(16)22/h5-10H,3-4,11-12H2,1-2H3,(H,23,26). The number of halogens is 2. The van der Waals surface area contributed by atoms with Crippen LogP contribution in [0.5, 0.6) is 0 Å². The Kier molecular flexibility index (Phi) is 6.97. The minimum absolute atomic E-state index is 0.00633. The van der Waals surface area contributed by atoms with Gasteiger partial charge in [0.1, 0.15) is 18.2 Å². The summed E-state index contributed by atoms with van der Waals surface area (Å²) in [6.07, 6.45) is 0. The quantitative estimate of drug-likeness (QED) is 0.674. The Bertz CT molecular complexity index is 1120. The number of hydrogen-bond acceptors (Lipinski definition) is 5. The van der Waals surface area contributed by atoms with Crippen molar-refractivity contribution in [2.45, 2.75) is 23.6 Å². The van der Waals surface area contributed by atoms with Gasteiger partial charge in [-0.25, -0.2) is 17.2 Å². The molecule has 2 aromatic carbocycles. The Morgan fingerprint density at radius 1 is 1.16 bits per heavy atom. The fourth-order valence-electron chi connectivity index (χ4n) is 3.15. The van der Waals surface area contributed by atoms with Crippen molar-refractivity contribution in [2.75, 3.05) is 35.6 Å². The number of carbonyl (C=O) groups excluding carboxylic acids is 2. The van der Waals surface area contributed by atoms with E-state index in [-0.39, 0.29) is 35.1 Å². The van der Waals surface area contributed by atoms with Gasteiger partial charge in [-0.05, 0) is 30.3 Å². The van der Waals surface area contributed by atoms with Crippen LogP contribution in [-0.2, 0) is 19.6 Å². The third-order valence-electron chi connectivity index (χ3n) is 4.72. The van der Waals surface area contributed by atoms with E-state index in [0.29, 0.717) is 4.90 Å². The highest BCUT2D eigenvalue weighted by Gasteiger charge is 2.30. The maximum atomic E-state index is 13.8. The van der Waals surface area contributed by atoms with Crippen molar-refractivity contribution >= 4 is 45.0 Å². The summed E-state index contributed by atoms with van der Waals surface area (Å²) in [5.41, 5.74) is -0.0636. The number of nitrogens with one attached hydrogen (secondary N) is 1. The van der Waals surface area contributed by atoms with Crippen LogP contribution in [0.3, 0.4) is 0 Å². The maximum absolute atomic E-state index is 13.8. The molecule has 1 N–H and O–H groups in total. The summed E-state index contributed by atoms with van der Waals surface area (Å²) in [6, 6.07) is 7.07. The van der Waals surface area contributed by atoms with Crippen molar-refractivity contribution in [3.63, 3.8) is 0 Å². The molecule has 2 aromatic rings. The smallest absolute Gasteiger partial charge is 0.244 e. The van der Waals surface area contributed by atoms with Gasteiger partial charge in [-0.2, -0.15) is 4.31 Å². The molecule has 11 heteroatoms. The molecule has 1 aliphatic rings. The van der Waals surface area contributed by atoms with Gasteiger partial charge in [-0.3, -0.25) is 9.59 Å². The van der Waals surface area contributed by atoms with Crippen molar-refractivity contribution in [2.24, 2.45) is 0 Å². The normalized spacial score (nSPS) is 14.0. The van der Waals surface area contributed by atoms with Gasteiger partial charge in [-0.1, -0.05) is 13.8 Å². The third-order valence-corrected chi connectivity index (χ3v) is 7.81. The molecule has 0 fully saturated rings. The van der Waals surface area contributed by atoms with Crippen LogP contribution in [0.1, 0.15) is 13.8 Å². The molecule has 0 bridgehead atoms. The summed E-state index contributed by atoms with van der Waals surface area (Å²) >= 11 is 1.23. The summed E-state index contributed by atoms with van der Waals surface area (Å²) in [7, 11) is -3.77. The highest BCUT2D eigenvalue weighted by atomic mass is 32.2. The molecule has 0 atom stereocenters. The number of sulfonamides is 1. The zero-order chi connectivity index (χ0) is 22.8. The van der Waals surface area contributed by atoms with Gasteiger partial charge in [0, 0.05) is 24.1 Å². The summed E-state index contributed by atoms with van der Waals surface area (Å²) < 4.78 is 54.2. The lowest BCUT2D eigenvalue weighted by Gasteiger charge is -2.29. The van der Waals surface area contributed by atoms with E-state index in [0.717, 1.165) is 23.1 Å². The fraction of sp³-hybridized carbons (Fsp3) is 0.300. The number of anilines is 2. The Balaban J connectivity index is 1.90.